The van der Waals surface area contributed by atoms with Crippen molar-refractivity contribution in [3.05, 3.63) is 81.9 Å². The summed E-state index contributed by atoms with van der Waals surface area (Å²) in [5.74, 6) is -0.103. The fraction of sp³-hybridized carbons (Fsp3) is 0.158. The zero-order valence-electron chi connectivity index (χ0n) is 13.4. The number of carbonyl (C=O) groups excluding carboxylic acids is 1. The van der Waals surface area contributed by atoms with Gasteiger partial charge in [0, 0.05) is 17.5 Å². The first-order valence-corrected chi connectivity index (χ1v) is 7.88. The molecule has 2 aromatic carbocycles. The maximum Gasteiger partial charge on any atom is 0.264 e. The number of para-hydroxylation sites is 1. The van der Waals surface area contributed by atoms with Gasteiger partial charge in [0.25, 0.3) is 5.91 Å². The monoisotopic (exact) mass is 322 g/mol. The first kappa shape index (κ1) is 15.4. The summed E-state index contributed by atoms with van der Waals surface area (Å²) in [6, 6.07) is 15.6. The summed E-state index contributed by atoms with van der Waals surface area (Å²) in [5, 5.41) is 0. The lowest BCUT2D eigenvalue weighted by Crippen LogP contribution is -2.12. The lowest BCUT2D eigenvalue weighted by Gasteiger charge is -2.09. The van der Waals surface area contributed by atoms with E-state index in [1.165, 1.54) is 0 Å². The van der Waals surface area contributed by atoms with E-state index in [-0.39, 0.29) is 5.91 Å². The lowest BCUT2D eigenvalue weighted by atomic mass is 10.1. The van der Waals surface area contributed by atoms with Crippen LogP contribution in [-0.2, 0) is 0 Å². The van der Waals surface area contributed by atoms with Crippen LogP contribution in [0, 0.1) is 25.5 Å². The van der Waals surface area contributed by atoms with Gasteiger partial charge in [-0.3, -0.25) is 13.9 Å². The van der Waals surface area contributed by atoms with E-state index in [1.54, 1.807) is 10.8 Å². The number of rotatable bonds is 2. The summed E-state index contributed by atoms with van der Waals surface area (Å²) in [6.07, 6.45) is 1.80. The third-order valence-electron chi connectivity index (χ3n) is 3.91. The molecule has 0 saturated heterocycles. The highest BCUT2D eigenvalue weighted by Gasteiger charge is 2.15. The Bertz CT molecular complexity index is 950. The molecule has 0 radical (unpaired) electrons. The predicted molar refractivity (Wildman–Crippen MR) is 95.0 cm³/mol. The minimum atomic E-state index is -0.103. The van der Waals surface area contributed by atoms with Gasteiger partial charge < -0.3 is 0 Å². The number of hydrogen-bond acceptors (Lipinski definition) is 2. The molecule has 3 aromatic rings. The summed E-state index contributed by atoms with van der Waals surface area (Å²) >= 11 is 5.57. The van der Waals surface area contributed by atoms with Crippen LogP contribution in [0.15, 0.2) is 54.7 Å². The molecule has 0 bridgehead atoms. The Kier molecular flexibility index (Phi) is 4.01. The van der Waals surface area contributed by atoms with Crippen LogP contribution in [0.3, 0.4) is 0 Å². The minimum Gasteiger partial charge on any atom is -0.289 e. The summed E-state index contributed by atoms with van der Waals surface area (Å²) in [5.41, 5.74) is 4.75. The molecule has 4 heteroatoms. The molecule has 0 fully saturated rings. The molecule has 0 unspecified atom stereocenters. The maximum atomic E-state index is 12.8. The number of aryl methyl sites for hydroxylation is 3. The van der Waals surface area contributed by atoms with Crippen LogP contribution in [0.25, 0.3) is 5.69 Å². The quantitative estimate of drug-likeness (QED) is 0.644. The Morgan fingerprint density at radius 1 is 1.00 bits per heavy atom. The Labute approximate surface area is 140 Å². The smallest absolute Gasteiger partial charge is 0.264 e. The molecule has 0 N–H and O–H groups in total. The predicted octanol–water partition coefficient (Wildman–Crippen LogP) is 4.62. The van der Waals surface area contributed by atoms with Crippen molar-refractivity contribution in [2.45, 2.75) is 20.8 Å². The number of aromatic nitrogens is 2. The number of benzene rings is 2. The highest BCUT2D eigenvalue weighted by Crippen LogP contribution is 2.19. The Hall–Kier alpha value is -2.46. The van der Waals surface area contributed by atoms with Gasteiger partial charge in [-0.15, -0.1) is 0 Å². The molecule has 0 aliphatic rings. The first-order chi connectivity index (χ1) is 11.0. The zero-order chi connectivity index (χ0) is 16.6. The van der Waals surface area contributed by atoms with Crippen LogP contribution >= 0.6 is 12.2 Å². The molecule has 0 saturated carbocycles. The van der Waals surface area contributed by atoms with Crippen molar-refractivity contribution in [1.82, 2.24) is 9.13 Å². The summed E-state index contributed by atoms with van der Waals surface area (Å²) in [4.78, 5) is 12.8. The van der Waals surface area contributed by atoms with E-state index >= 15 is 0 Å². The van der Waals surface area contributed by atoms with Crippen LogP contribution < -0.4 is 0 Å². The van der Waals surface area contributed by atoms with E-state index in [1.807, 2.05) is 73.9 Å². The second-order valence-electron chi connectivity index (χ2n) is 5.72. The number of imidazole rings is 1. The van der Waals surface area contributed by atoms with E-state index in [9.17, 15) is 4.79 Å². The van der Waals surface area contributed by atoms with Gasteiger partial charge in [-0.05, 0) is 56.8 Å². The minimum absolute atomic E-state index is 0.103. The van der Waals surface area contributed by atoms with Crippen LogP contribution in [0.4, 0.5) is 0 Å². The maximum absolute atomic E-state index is 12.8. The van der Waals surface area contributed by atoms with Gasteiger partial charge in [0.1, 0.15) is 0 Å². The molecule has 0 aliphatic carbocycles. The van der Waals surface area contributed by atoms with Crippen molar-refractivity contribution in [3.8, 4) is 5.69 Å². The lowest BCUT2D eigenvalue weighted by molar-refractivity contribution is 0.0958. The molecule has 0 aliphatic heterocycles. The largest absolute Gasteiger partial charge is 0.289 e. The van der Waals surface area contributed by atoms with Gasteiger partial charge in [0.2, 0.25) is 0 Å². The molecule has 0 atom stereocenters. The SMILES string of the molecule is Cc1cccc(C(=O)n2cc(C)n(-c3ccccc3C)c2=S)c1. The van der Waals surface area contributed by atoms with E-state index < -0.39 is 0 Å². The number of carbonyl (C=O) groups is 1. The van der Waals surface area contributed by atoms with Crippen LogP contribution in [-0.4, -0.2) is 15.0 Å². The van der Waals surface area contributed by atoms with E-state index in [4.69, 9.17) is 12.2 Å². The highest BCUT2D eigenvalue weighted by atomic mass is 32.1. The molecule has 23 heavy (non-hydrogen) atoms. The molecular weight excluding hydrogens is 304 g/mol. The molecule has 1 aromatic heterocycles. The Morgan fingerprint density at radius 3 is 2.43 bits per heavy atom. The fourth-order valence-electron chi connectivity index (χ4n) is 2.73. The summed E-state index contributed by atoms with van der Waals surface area (Å²) in [7, 11) is 0. The van der Waals surface area contributed by atoms with Gasteiger partial charge in [-0.25, -0.2) is 0 Å². The zero-order valence-corrected chi connectivity index (χ0v) is 14.2. The molecular formula is C19H18N2OS. The van der Waals surface area contributed by atoms with Gasteiger partial charge in [-0.2, -0.15) is 0 Å². The van der Waals surface area contributed by atoms with E-state index in [0.717, 1.165) is 22.5 Å². The number of hydrogen-bond donors (Lipinski definition) is 0. The van der Waals surface area contributed by atoms with Gasteiger partial charge in [0.05, 0.1) is 5.69 Å². The van der Waals surface area contributed by atoms with Crippen molar-refractivity contribution in [2.75, 3.05) is 0 Å². The van der Waals surface area contributed by atoms with Crippen molar-refractivity contribution in [2.24, 2.45) is 0 Å². The second-order valence-corrected chi connectivity index (χ2v) is 6.08. The first-order valence-electron chi connectivity index (χ1n) is 7.47. The Balaban J connectivity index is 2.14. The second kappa shape index (κ2) is 5.97. The van der Waals surface area contributed by atoms with Crippen LogP contribution in [0.5, 0.6) is 0 Å². The van der Waals surface area contributed by atoms with Crippen LogP contribution in [0.2, 0.25) is 0 Å². The number of nitrogens with zero attached hydrogens (tertiary/aromatic N) is 2. The molecule has 0 spiro atoms. The summed E-state index contributed by atoms with van der Waals surface area (Å²) in [6.45, 7) is 5.97. The molecule has 1 heterocycles. The van der Waals surface area contributed by atoms with E-state index in [2.05, 4.69) is 0 Å². The molecule has 3 nitrogen and oxygen atoms in total. The third-order valence-corrected chi connectivity index (χ3v) is 4.29. The van der Waals surface area contributed by atoms with Gasteiger partial charge in [-0.1, -0.05) is 35.9 Å². The van der Waals surface area contributed by atoms with E-state index in [0.29, 0.717) is 10.3 Å². The standard InChI is InChI=1S/C19H18N2OS/c1-13-7-6-9-16(11-13)18(22)20-12-15(3)21(19(20)23)17-10-5-4-8-14(17)2/h4-12H,1-3H3. The topological polar surface area (TPSA) is 26.9 Å². The normalized spacial score (nSPS) is 10.7. The molecule has 3 rings (SSSR count). The average Bonchev–Trinajstić information content (AvgIpc) is 2.82. The highest BCUT2D eigenvalue weighted by molar-refractivity contribution is 7.71. The summed E-state index contributed by atoms with van der Waals surface area (Å²) < 4.78 is 3.98. The molecule has 0 amide bonds. The van der Waals surface area contributed by atoms with Gasteiger partial charge >= 0.3 is 0 Å². The third kappa shape index (κ3) is 2.78. The average molecular weight is 322 g/mol. The van der Waals surface area contributed by atoms with Crippen molar-refractivity contribution < 1.29 is 4.79 Å². The van der Waals surface area contributed by atoms with Crippen molar-refractivity contribution >= 4 is 18.1 Å². The van der Waals surface area contributed by atoms with Gasteiger partial charge in [0.15, 0.2) is 4.77 Å². The fourth-order valence-corrected chi connectivity index (χ4v) is 3.11. The Morgan fingerprint density at radius 2 is 1.74 bits per heavy atom. The van der Waals surface area contributed by atoms with Crippen molar-refractivity contribution in [1.29, 1.82) is 0 Å². The van der Waals surface area contributed by atoms with Crippen LogP contribution in [0.1, 0.15) is 27.2 Å². The molecule has 116 valence electrons. The van der Waals surface area contributed by atoms with Crippen molar-refractivity contribution in [3.63, 3.8) is 0 Å².